The summed E-state index contributed by atoms with van der Waals surface area (Å²) < 4.78 is 5.36. The molecule has 0 aliphatic carbocycles. The lowest BCUT2D eigenvalue weighted by molar-refractivity contribution is 0.0693. The Labute approximate surface area is 109 Å². The molecule has 0 aliphatic rings. The molecule has 3 N–H and O–H groups in total. The fraction of sp³-hybridized carbons (Fsp3) is 0.0714. The van der Waals surface area contributed by atoms with Gasteiger partial charge in [-0.3, -0.25) is 0 Å². The van der Waals surface area contributed by atoms with Gasteiger partial charge in [-0.2, -0.15) is 0 Å². The van der Waals surface area contributed by atoms with Gasteiger partial charge in [-0.1, -0.05) is 18.2 Å². The number of aromatic carboxylic acids is 1. The molecule has 2 rings (SSSR count). The molecule has 0 aliphatic heterocycles. The molecule has 0 amide bonds. The van der Waals surface area contributed by atoms with Crippen molar-refractivity contribution in [3.05, 3.63) is 53.6 Å². The maximum Gasteiger partial charge on any atom is 0.336 e. The highest BCUT2D eigenvalue weighted by Gasteiger charge is 2.12. The molecule has 0 fully saturated rings. The zero-order valence-electron chi connectivity index (χ0n) is 9.91. The highest BCUT2D eigenvalue weighted by atomic mass is 16.5. The third kappa shape index (κ3) is 2.95. The van der Waals surface area contributed by atoms with Gasteiger partial charge >= 0.3 is 5.97 Å². The number of benzene rings is 2. The molecule has 0 bridgehead atoms. The summed E-state index contributed by atoms with van der Waals surface area (Å²) in [5.41, 5.74) is 0.379. The first-order valence-corrected chi connectivity index (χ1v) is 5.54. The number of phenols is 2. The second kappa shape index (κ2) is 5.30. The molecule has 0 spiro atoms. The van der Waals surface area contributed by atoms with Crippen molar-refractivity contribution in [3.63, 3.8) is 0 Å². The molecule has 5 nitrogen and oxygen atoms in total. The Morgan fingerprint density at radius 2 is 1.84 bits per heavy atom. The second-order valence-corrected chi connectivity index (χ2v) is 3.90. The Kier molecular flexibility index (Phi) is 3.56. The number of carbonyl (C=O) groups is 1. The predicted octanol–water partition coefficient (Wildman–Crippen LogP) is 2.38. The normalized spacial score (nSPS) is 10.1. The van der Waals surface area contributed by atoms with Crippen LogP contribution in [-0.4, -0.2) is 21.3 Å². The third-order valence-corrected chi connectivity index (χ3v) is 2.57. The van der Waals surface area contributed by atoms with Gasteiger partial charge in [-0.15, -0.1) is 0 Å². The van der Waals surface area contributed by atoms with Gasteiger partial charge in [0.2, 0.25) is 0 Å². The monoisotopic (exact) mass is 260 g/mol. The van der Waals surface area contributed by atoms with Gasteiger partial charge in [0.25, 0.3) is 0 Å². The molecular weight excluding hydrogens is 248 g/mol. The summed E-state index contributed by atoms with van der Waals surface area (Å²) in [6, 6.07) is 10.4. The summed E-state index contributed by atoms with van der Waals surface area (Å²) in [6.45, 7) is -0.0144. The van der Waals surface area contributed by atoms with Crippen molar-refractivity contribution < 1.29 is 24.9 Å². The molecule has 0 atom stereocenters. The summed E-state index contributed by atoms with van der Waals surface area (Å²) in [6.07, 6.45) is 0. The minimum absolute atomic E-state index is 0.0144. The van der Waals surface area contributed by atoms with Crippen molar-refractivity contribution in [3.8, 4) is 17.2 Å². The van der Waals surface area contributed by atoms with Crippen LogP contribution in [0.2, 0.25) is 0 Å². The number of ether oxygens (including phenoxy) is 1. The Bertz CT molecular complexity index is 607. The summed E-state index contributed by atoms with van der Waals surface area (Å²) in [5, 5.41) is 27.8. The van der Waals surface area contributed by atoms with Crippen LogP contribution >= 0.6 is 0 Å². The van der Waals surface area contributed by atoms with E-state index >= 15 is 0 Å². The van der Waals surface area contributed by atoms with Crippen LogP contribution in [0.15, 0.2) is 42.5 Å². The lowest BCUT2D eigenvalue weighted by Gasteiger charge is -2.10. The molecular formula is C14H12O5. The zero-order valence-corrected chi connectivity index (χ0v) is 9.91. The molecule has 98 valence electrons. The minimum Gasteiger partial charge on any atom is -0.508 e. The number of carboxylic acids is 1. The summed E-state index contributed by atoms with van der Waals surface area (Å²) >= 11 is 0. The molecule has 0 heterocycles. The number of rotatable bonds is 4. The Balaban J connectivity index is 2.20. The predicted molar refractivity (Wildman–Crippen MR) is 67.5 cm³/mol. The molecule has 0 radical (unpaired) electrons. The van der Waals surface area contributed by atoms with Crippen LogP contribution in [0.4, 0.5) is 0 Å². The summed E-state index contributed by atoms with van der Waals surface area (Å²) in [5.74, 6) is -1.01. The third-order valence-electron chi connectivity index (χ3n) is 2.57. The maximum atomic E-state index is 11.0. The van der Waals surface area contributed by atoms with Gasteiger partial charge in [-0.25, -0.2) is 4.79 Å². The maximum absolute atomic E-state index is 11.0. The molecule has 0 saturated carbocycles. The van der Waals surface area contributed by atoms with Crippen molar-refractivity contribution in [1.29, 1.82) is 0 Å². The van der Waals surface area contributed by atoms with Crippen LogP contribution in [0.3, 0.4) is 0 Å². The van der Waals surface area contributed by atoms with E-state index < -0.39 is 5.97 Å². The molecule has 0 unspecified atom stereocenters. The van der Waals surface area contributed by atoms with Gasteiger partial charge in [0.15, 0.2) is 11.5 Å². The Morgan fingerprint density at radius 3 is 2.53 bits per heavy atom. The Morgan fingerprint density at radius 1 is 1.11 bits per heavy atom. The number of para-hydroxylation sites is 2. The van der Waals surface area contributed by atoms with E-state index in [0.29, 0.717) is 5.56 Å². The topological polar surface area (TPSA) is 87.0 Å². The van der Waals surface area contributed by atoms with Crippen LogP contribution in [-0.2, 0) is 6.61 Å². The van der Waals surface area contributed by atoms with E-state index in [1.165, 1.54) is 18.2 Å². The quantitative estimate of drug-likeness (QED) is 0.785. The van der Waals surface area contributed by atoms with Crippen LogP contribution in [0.25, 0.3) is 0 Å². The van der Waals surface area contributed by atoms with E-state index in [0.717, 1.165) is 6.07 Å². The lowest BCUT2D eigenvalue weighted by atomic mass is 10.1. The van der Waals surface area contributed by atoms with Crippen molar-refractivity contribution in [1.82, 2.24) is 0 Å². The summed E-state index contributed by atoms with van der Waals surface area (Å²) in [7, 11) is 0. The smallest absolute Gasteiger partial charge is 0.336 e. The van der Waals surface area contributed by atoms with Crippen LogP contribution < -0.4 is 4.74 Å². The average Bonchev–Trinajstić information content (AvgIpc) is 2.38. The van der Waals surface area contributed by atoms with Crippen LogP contribution in [0.5, 0.6) is 17.2 Å². The SMILES string of the molecule is O=C(O)c1cc(O)ccc1COc1ccccc1O. The largest absolute Gasteiger partial charge is 0.508 e. The number of phenolic OH excluding ortho intramolecular Hbond substituents is 2. The standard InChI is InChI=1S/C14H12O5/c15-10-6-5-9(11(7-10)14(17)18)8-19-13-4-2-1-3-12(13)16/h1-7,15-16H,8H2,(H,17,18). The first-order chi connectivity index (χ1) is 9.08. The van der Waals surface area contributed by atoms with Gasteiger partial charge in [0.1, 0.15) is 12.4 Å². The number of aromatic hydroxyl groups is 2. The summed E-state index contributed by atoms with van der Waals surface area (Å²) in [4.78, 5) is 11.0. The Hall–Kier alpha value is -2.69. The van der Waals surface area contributed by atoms with Crippen molar-refractivity contribution in [2.75, 3.05) is 0 Å². The molecule has 2 aromatic rings. The van der Waals surface area contributed by atoms with E-state index in [1.54, 1.807) is 18.2 Å². The van der Waals surface area contributed by atoms with Crippen molar-refractivity contribution in [2.45, 2.75) is 6.61 Å². The number of hydrogen-bond acceptors (Lipinski definition) is 4. The highest BCUT2D eigenvalue weighted by molar-refractivity contribution is 5.89. The van der Waals surface area contributed by atoms with Crippen LogP contribution in [0.1, 0.15) is 15.9 Å². The van der Waals surface area contributed by atoms with Crippen LogP contribution in [0, 0.1) is 0 Å². The highest BCUT2D eigenvalue weighted by Crippen LogP contribution is 2.26. The van der Waals surface area contributed by atoms with Gasteiger partial charge in [0.05, 0.1) is 5.56 Å². The molecule has 2 aromatic carbocycles. The van der Waals surface area contributed by atoms with Crippen molar-refractivity contribution >= 4 is 5.97 Å². The van der Waals surface area contributed by atoms with Gasteiger partial charge in [-0.05, 0) is 24.3 Å². The minimum atomic E-state index is -1.15. The van der Waals surface area contributed by atoms with E-state index in [-0.39, 0.29) is 29.4 Å². The zero-order chi connectivity index (χ0) is 13.8. The lowest BCUT2D eigenvalue weighted by Crippen LogP contribution is -2.05. The van der Waals surface area contributed by atoms with Gasteiger partial charge in [0, 0.05) is 5.56 Å². The fourth-order valence-corrected chi connectivity index (χ4v) is 1.62. The van der Waals surface area contributed by atoms with E-state index in [2.05, 4.69) is 0 Å². The first kappa shape index (κ1) is 12.8. The number of carboxylic acid groups (broad SMARTS) is 1. The van der Waals surface area contributed by atoms with Gasteiger partial charge < -0.3 is 20.1 Å². The van der Waals surface area contributed by atoms with E-state index in [4.69, 9.17) is 9.84 Å². The fourth-order valence-electron chi connectivity index (χ4n) is 1.62. The molecule has 5 heteroatoms. The molecule has 0 aromatic heterocycles. The molecule has 19 heavy (non-hydrogen) atoms. The second-order valence-electron chi connectivity index (χ2n) is 3.90. The van der Waals surface area contributed by atoms with E-state index in [9.17, 15) is 15.0 Å². The molecule has 0 saturated heterocycles. The first-order valence-electron chi connectivity index (χ1n) is 5.54. The number of hydrogen-bond donors (Lipinski definition) is 3. The van der Waals surface area contributed by atoms with Crippen molar-refractivity contribution in [2.24, 2.45) is 0 Å². The van der Waals surface area contributed by atoms with E-state index in [1.807, 2.05) is 0 Å². The average molecular weight is 260 g/mol.